The Balaban J connectivity index is 1.80. The van der Waals surface area contributed by atoms with Crippen LogP contribution < -0.4 is 0 Å². The minimum Gasteiger partial charge on any atom is -0.449 e. The lowest BCUT2D eigenvalue weighted by atomic mass is 10.00. The first-order valence-corrected chi connectivity index (χ1v) is 8.40. The van der Waals surface area contributed by atoms with Crippen LogP contribution in [-0.2, 0) is 0 Å². The van der Waals surface area contributed by atoms with Crippen molar-refractivity contribution in [3.05, 3.63) is 28.3 Å². The number of rotatable bonds is 3. The summed E-state index contributed by atoms with van der Waals surface area (Å²) in [6.45, 7) is 4.94. The Labute approximate surface area is 128 Å². The third-order valence-electron chi connectivity index (χ3n) is 4.05. The predicted octanol–water partition coefficient (Wildman–Crippen LogP) is 4.12. The average Bonchev–Trinajstić information content (AvgIpc) is 3.15. The number of hydrogen-bond donors (Lipinski definition) is 0. The van der Waals surface area contributed by atoms with Gasteiger partial charge in [-0.1, -0.05) is 6.92 Å². The molecule has 0 N–H and O–H groups in total. The molecular weight excluding hydrogens is 284 g/mol. The Bertz CT molecular complexity index is 632. The molecule has 112 valence electrons. The maximum atomic E-state index is 12.6. The molecule has 2 aromatic rings. The van der Waals surface area contributed by atoms with Gasteiger partial charge in [0.1, 0.15) is 5.69 Å². The fourth-order valence-electron chi connectivity index (χ4n) is 2.90. The summed E-state index contributed by atoms with van der Waals surface area (Å²) < 4.78 is 5.74. The van der Waals surface area contributed by atoms with E-state index in [1.807, 2.05) is 23.3 Å². The first-order valence-electron chi connectivity index (χ1n) is 7.52. The summed E-state index contributed by atoms with van der Waals surface area (Å²) in [6.07, 6.45) is 4.40. The van der Waals surface area contributed by atoms with Crippen molar-refractivity contribution in [3.63, 3.8) is 0 Å². The smallest absolute Gasteiger partial charge is 0.289 e. The number of thiazole rings is 1. The molecular formula is C16H20N2O2S. The molecule has 4 nitrogen and oxygen atoms in total. The molecule has 1 unspecified atom stereocenters. The van der Waals surface area contributed by atoms with Gasteiger partial charge < -0.3 is 9.32 Å². The Kier molecular flexibility index (Phi) is 4.10. The van der Waals surface area contributed by atoms with Gasteiger partial charge in [-0.2, -0.15) is 0 Å². The molecule has 0 radical (unpaired) electrons. The molecule has 2 aromatic heterocycles. The van der Waals surface area contributed by atoms with E-state index in [0.29, 0.717) is 17.6 Å². The van der Waals surface area contributed by atoms with E-state index in [4.69, 9.17) is 4.42 Å². The summed E-state index contributed by atoms with van der Waals surface area (Å²) in [5, 5.41) is 2.95. The van der Waals surface area contributed by atoms with E-state index in [1.165, 1.54) is 6.42 Å². The van der Waals surface area contributed by atoms with Gasteiger partial charge in [-0.15, -0.1) is 11.3 Å². The van der Waals surface area contributed by atoms with Gasteiger partial charge in [0.05, 0.1) is 5.01 Å². The third-order valence-corrected chi connectivity index (χ3v) is 4.82. The van der Waals surface area contributed by atoms with Crippen LogP contribution in [0.25, 0.3) is 11.5 Å². The summed E-state index contributed by atoms with van der Waals surface area (Å²) >= 11 is 1.58. The topological polar surface area (TPSA) is 46.3 Å². The molecule has 1 aliphatic rings. The Hall–Kier alpha value is -1.62. The summed E-state index contributed by atoms with van der Waals surface area (Å²) in [5.41, 5.74) is 0.808. The molecule has 1 aliphatic heterocycles. The second-order valence-electron chi connectivity index (χ2n) is 5.47. The molecule has 1 atom stereocenters. The highest BCUT2D eigenvalue weighted by atomic mass is 32.1. The van der Waals surface area contributed by atoms with Crippen molar-refractivity contribution in [1.82, 2.24) is 9.88 Å². The highest BCUT2D eigenvalue weighted by Gasteiger charge is 2.28. The predicted molar refractivity (Wildman–Crippen MR) is 83.5 cm³/mol. The molecule has 0 aliphatic carbocycles. The van der Waals surface area contributed by atoms with Crippen LogP contribution in [0, 0.1) is 6.92 Å². The largest absolute Gasteiger partial charge is 0.449 e. The second-order valence-corrected chi connectivity index (χ2v) is 6.53. The van der Waals surface area contributed by atoms with Gasteiger partial charge in [-0.05, 0) is 44.7 Å². The van der Waals surface area contributed by atoms with Gasteiger partial charge in [0.2, 0.25) is 0 Å². The molecule has 0 bridgehead atoms. The van der Waals surface area contributed by atoms with E-state index in [1.54, 1.807) is 17.4 Å². The highest BCUT2D eigenvalue weighted by Crippen LogP contribution is 2.26. The number of carbonyl (C=O) groups excluding carboxylic acids is 1. The van der Waals surface area contributed by atoms with Crippen LogP contribution in [0.4, 0.5) is 0 Å². The van der Waals surface area contributed by atoms with Crippen molar-refractivity contribution in [3.8, 4) is 11.5 Å². The summed E-state index contributed by atoms with van der Waals surface area (Å²) in [6, 6.07) is 3.96. The van der Waals surface area contributed by atoms with E-state index < -0.39 is 0 Å². The van der Waals surface area contributed by atoms with Crippen molar-refractivity contribution in [2.24, 2.45) is 0 Å². The van der Waals surface area contributed by atoms with Crippen molar-refractivity contribution in [2.75, 3.05) is 6.54 Å². The average molecular weight is 304 g/mol. The van der Waals surface area contributed by atoms with E-state index in [9.17, 15) is 4.79 Å². The monoisotopic (exact) mass is 304 g/mol. The summed E-state index contributed by atoms with van der Waals surface area (Å²) in [5.74, 6) is 1.11. The van der Waals surface area contributed by atoms with Crippen LogP contribution >= 0.6 is 11.3 Å². The van der Waals surface area contributed by atoms with Crippen LogP contribution in [-0.4, -0.2) is 28.4 Å². The highest BCUT2D eigenvalue weighted by molar-refractivity contribution is 7.09. The van der Waals surface area contributed by atoms with E-state index in [-0.39, 0.29) is 5.91 Å². The fourth-order valence-corrected chi connectivity index (χ4v) is 3.50. The second kappa shape index (κ2) is 6.02. The summed E-state index contributed by atoms with van der Waals surface area (Å²) in [7, 11) is 0. The molecule has 3 heterocycles. The number of amides is 1. The van der Waals surface area contributed by atoms with Crippen LogP contribution in [0.1, 0.15) is 48.2 Å². The molecule has 1 saturated heterocycles. The van der Waals surface area contributed by atoms with Gasteiger partial charge in [-0.3, -0.25) is 4.79 Å². The fraction of sp³-hybridized carbons (Fsp3) is 0.500. The third kappa shape index (κ3) is 2.88. The van der Waals surface area contributed by atoms with Crippen LogP contribution in [0.5, 0.6) is 0 Å². The van der Waals surface area contributed by atoms with Crippen LogP contribution in [0.15, 0.2) is 21.9 Å². The van der Waals surface area contributed by atoms with E-state index in [0.717, 1.165) is 36.5 Å². The zero-order chi connectivity index (χ0) is 14.8. The lowest BCUT2D eigenvalue weighted by Crippen LogP contribution is -2.43. The van der Waals surface area contributed by atoms with Gasteiger partial charge in [0.15, 0.2) is 11.5 Å². The van der Waals surface area contributed by atoms with E-state index in [2.05, 4.69) is 11.9 Å². The number of hydrogen-bond acceptors (Lipinski definition) is 4. The minimum absolute atomic E-state index is 0.0137. The number of aromatic nitrogens is 1. The number of carbonyl (C=O) groups is 1. The quantitative estimate of drug-likeness (QED) is 0.857. The van der Waals surface area contributed by atoms with Gasteiger partial charge in [-0.25, -0.2) is 4.98 Å². The first-order chi connectivity index (χ1) is 10.2. The first kappa shape index (κ1) is 14.3. The molecule has 1 fully saturated rings. The minimum atomic E-state index is 0.0137. The lowest BCUT2D eigenvalue weighted by molar-refractivity contribution is 0.0576. The number of aryl methyl sites for hydroxylation is 1. The van der Waals surface area contributed by atoms with E-state index >= 15 is 0 Å². The van der Waals surface area contributed by atoms with Gasteiger partial charge in [0.25, 0.3) is 5.91 Å². The Morgan fingerprint density at radius 2 is 2.33 bits per heavy atom. The normalized spacial score (nSPS) is 19.0. The van der Waals surface area contributed by atoms with Crippen molar-refractivity contribution < 1.29 is 9.21 Å². The van der Waals surface area contributed by atoms with Gasteiger partial charge in [0, 0.05) is 18.0 Å². The number of piperidine rings is 1. The zero-order valence-electron chi connectivity index (χ0n) is 12.5. The molecule has 0 spiro atoms. The maximum Gasteiger partial charge on any atom is 0.289 e. The summed E-state index contributed by atoms with van der Waals surface area (Å²) in [4.78, 5) is 19.0. The molecule has 0 aromatic carbocycles. The lowest BCUT2D eigenvalue weighted by Gasteiger charge is -2.34. The van der Waals surface area contributed by atoms with Gasteiger partial charge >= 0.3 is 0 Å². The van der Waals surface area contributed by atoms with Crippen LogP contribution in [0.2, 0.25) is 0 Å². The number of furan rings is 1. The Morgan fingerprint density at radius 1 is 1.48 bits per heavy atom. The number of nitrogens with zero attached hydrogens (tertiary/aromatic N) is 2. The molecule has 1 amide bonds. The van der Waals surface area contributed by atoms with Crippen molar-refractivity contribution in [1.29, 1.82) is 0 Å². The molecule has 21 heavy (non-hydrogen) atoms. The standard InChI is InChI=1S/C16H20N2O2S/c1-3-12-6-4-5-9-18(12)16(19)15-8-7-14(20-15)13-10-21-11(2)17-13/h7-8,10,12H,3-6,9H2,1-2H3. The zero-order valence-corrected chi connectivity index (χ0v) is 13.3. The molecule has 0 saturated carbocycles. The molecule has 5 heteroatoms. The Morgan fingerprint density at radius 3 is 3.05 bits per heavy atom. The van der Waals surface area contributed by atoms with Crippen molar-refractivity contribution in [2.45, 2.75) is 45.6 Å². The maximum absolute atomic E-state index is 12.6. The molecule has 3 rings (SSSR count). The van der Waals surface area contributed by atoms with Crippen LogP contribution in [0.3, 0.4) is 0 Å². The SMILES string of the molecule is CCC1CCCCN1C(=O)c1ccc(-c2csc(C)n2)o1. The number of likely N-dealkylation sites (tertiary alicyclic amines) is 1. The van der Waals surface area contributed by atoms with Crippen molar-refractivity contribution >= 4 is 17.2 Å².